The van der Waals surface area contributed by atoms with E-state index in [1.807, 2.05) is 12.1 Å². The van der Waals surface area contributed by atoms with Gasteiger partial charge in [-0.3, -0.25) is 4.90 Å². The monoisotopic (exact) mass is 312 g/mol. The summed E-state index contributed by atoms with van der Waals surface area (Å²) >= 11 is 12.2. The van der Waals surface area contributed by atoms with Crippen molar-refractivity contribution >= 4 is 23.2 Å². The maximum atomic E-state index is 6.17. The van der Waals surface area contributed by atoms with Crippen LogP contribution in [0, 0.1) is 5.92 Å². The molecular weight excluding hydrogens is 291 g/mol. The number of nitrogens with zero attached hydrogens (tertiary/aromatic N) is 1. The molecule has 20 heavy (non-hydrogen) atoms. The molecule has 0 spiro atoms. The van der Waals surface area contributed by atoms with Crippen LogP contribution in [0.25, 0.3) is 0 Å². The van der Waals surface area contributed by atoms with Gasteiger partial charge in [0.05, 0.1) is 10.0 Å². The number of benzene rings is 1. The number of hydrogen-bond acceptors (Lipinski definition) is 2. The van der Waals surface area contributed by atoms with E-state index >= 15 is 0 Å². The summed E-state index contributed by atoms with van der Waals surface area (Å²) in [4.78, 5) is 2.61. The highest BCUT2D eigenvalue weighted by Gasteiger charge is 2.39. The Morgan fingerprint density at radius 2 is 1.95 bits per heavy atom. The molecule has 110 valence electrons. The fourth-order valence-electron chi connectivity index (χ4n) is 4.01. The van der Waals surface area contributed by atoms with Gasteiger partial charge in [0.15, 0.2) is 0 Å². The zero-order valence-electron chi connectivity index (χ0n) is 11.7. The maximum Gasteiger partial charge on any atom is 0.0595 e. The Bertz CT molecular complexity index is 478. The third-order valence-electron chi connectivity index (χ3n) is 5.01. The second kappa shape index (κ2) is 6.23. The number of likely N-dealkylation sites (tertiary alicyclic amines) is 1. The Morgan fingerprint density at radius 1 is 1.15 bits per heavy atom. The Morgan fingerprint density at radius 3 is 2.70 bits per heavy atom. The van der Waals surface area contributed by atoms with Crippen LogP contribution >= 0.6 is 23.2 Å². The van der Waals surface area contributed by atoms with Gasteiger partial charge in [0, 0.05) is 18.6 Å². The lowest BCUT2D eigenvalue weighted by Gasteiger charge is -2.37. The molecule has 4 heteroatoms. The SMILES string of the molecule is NCC(c1ccc(Cl)c(Cl)c1)N1CCC2CCCCC21. The van der Waals surface area contributed by atoms with Gasteiger partial charge in [-0.2, -0.15) is 0 Å². The van der Waals surface area contributed by atoms with Crippen molar-refractivity contribution in [1.82, 2.24) is 4.90 Å². The topological polar surface area (TPSA) is 29.3 Å². The van der Waals surface area contributed by atoms with Crippen molar-refractivity contribution in [3.05, 3.63) is 33.8 Å². The molecule has 3 unspecified atom stereocenters. The average molecular weight is 313 g/mol. The number of hydrogen-bond donors (Lipinski definition) is 1. The van der Waals surface area contributed by atoms with E-state index < -0.39 is 0 Å². The molecule has 1 heterocycles. The predicted octanol–water partition coefficient (Wildman–Crippen LogP) is 4.26. The van der Waals surface area contributed by atoms with Crippen molar-refractivity contribution in [2.45, 2.75) is 44.2 Å². The highest BCUT2D eigenvalue weighted by atomic mass is 35.5. The summed E-state index contributed by atoms with van der Waals surface area (Å²) in [5.41, 5.74) is 7.28. The first-order valence-corrected chi connectivity index (χ1v) is 8.37. The van der Waals surface area contributed by atoms with Gasteiger partial charge in [0.25, 0.3) is 0 Å². The minimum Gasteiger partial charge on any atom is -0.329 e. The molecule has 0 aromatic heterocycles. The van der Waals surface area contributed by atoms with Crippen LogP contribution in [-0.2, 0) is 0 Å². The van der Waals surface area contributed by atoms with Crippen LogP contribution in [0.4, 0.5) is 0 Å². The van der Waals surface area contributed by atoms with Gasteiger partial charge >= 0.3 is 0 Å². The molecule has 1 aliphatic carbocycles. The van der Waals surface area contributed by atoms with E-state index in [0.29, 0.717) is 22.6 Å². The summed E-state index contributed by atoms with van der Waals surface area (Å²) in [6, 6.07) is 6.93. The summed E-state index contributed by atoms with van der Waals surface area (Å²) in [7, 11) is 0. The molecule has 2 N–H and O–H groups in total. The molecule has 2 aliphatic rings. The lowest BCUT2D eigenvalue weighted by molar-refractivity contribution is 0.135. The van der Waals surface area contributed by atoms with Crippen molar-refractivity contribution in [1.29, 1.82) is 0 Å². The van der Waals surface area contributed by atoms with Gasteiger partial charge in [-0.15, -0.1) is 0 Å². The number of halogens is 2. The van der Waals surface area contributed by atoms with Gasteiger partial charge in [0.2, 0.25) is 0 Å². The van der Waals surface area contributed by atoms with E-state index in [9.17, 15) is 0 Å². The molecule has 2 fully saturated rings. The van der Waals surface area contributed by atoms with Gasteiger partial charge in [-0.05, 0) is 49.4 Å². The lowest BCUT2D eigenvalue weighted by atomic mass is 9.84. The first kappa shape index (κ1) is 14.6. The van der Waals surface area contributed by atoms with Gasteiger partial charge in [-0.1, -0.05) is 42.1 Å². The summed E-state index contributed by atoms with van der Waals surface area (Å²) in [5.74, 6) is 0.876. The molecule has 1 aromatic carbocycles. The fraction of sp³-hybridized carbons (Fsp3) is 0.625. The average Bonchev–Trinajstić information content (AvgIpc) is 2.88. The zero-order valence-corrected chi connectivity index (χ0v) is 13.2. The van der Waals surface area contributed by atoms with Crippen molar-refractivity contribution in [3.8, 4) is 0 Å². The third-order valence-corrected chi connectivity index (χ3v) is 5.74. The summed E-state index contributed by atoms with van der Waals surface area (Å²) in [6.07, 6.45) is 6.79. The summed E-state index contributed by atoms with van der Waals surface area (Å²) < 4.78 is 0. The molecule has 1 saturated heterocycles. The predicted molar refractivity (Wildman–Crippen MR) is 85.3 cm³/mol. The summed E-state index contributed by atoms with van der Waals surface area (Å²) in [6.45, 7) is 1.80. The van der Waals surface area contributed by atoms with Crippen LogP contribution in [0.5, 0.6) is 0 Å². The molecule has 2 nitrogen and oxygen atoms in total. The first-order valence-electron chi connectivity index (χ1n) is 7.61. The first-order chi connectivity index (χ1) is 9.70. The van der Waals surface area contributed by atoms with E-state index in [0.717, 1.165) is 12.5 Å². The van der Waals surface area contributed by atoms with E-state index in [-0.39, 0.29) is 6.04 Å². The van der Waals surface area contributed by atoms with Gasteiger partial charge in [-0.25, -0.2) is 0 Å². The normalized spacial score (nSPS) is 28.4. The number of rotatable bonds is 3. The van der Waals surface area contributed by atoms with E-state index in [1.165, 1.54) is 37.7 Å². The van der Waals surface area contributed by atoms with Gasteiger partial charge < -0.3 is 5.73 Å². The highest BCUT2D eigenvalue weighted by molar-refractivity contribution is 6.42. The molecule has 3 atom stereocenters. The van der Waals surface area contributed by atoms with Crippen molar-refractivity contribution in [2.75, 3.05) is 13.1 Å². The number of fused-ring (bicyclic) bond motifs is 1. The van der Waals surface area contributed by atoms with E-state index in [2.05, 4.69) is 11.0 Å². The Hall–Kier alpha value is -0.280. The Balaban J connectivity index is 1.84. The van der Waals surface area contributed by atoms with Gasteiger partial charge in [0.1, 0.15) is 0 Å². The second-order valence-corrected chi connectivity index (χ2v) is 6.88. The standard InChI is InChI=1S/C16H22Cl2N2/c17-13-6-5-12(9-14(13)18)16(10-19)20-8-7-11-3-1-2-4-15(11)20/h5-6,9,11,15-16H,1-4,7-8,10,19H2. The van der Waals surface area contributed by atoms with Crippen LogP contribution in [0.2, 0.25) is 10.0 Å². The minimum absolute atomic E-state index is 0.276. The van der Waals surface area contributed by atoms with E-state index in [4.69, 9.17) is 28.9 Å². The smallest absolute Gasteiger partial charge is 0.0595 e. The zero-order chi connectivity index (χ0) is 14.1. The van der Waals surface area contributed by atoms with Crippen LogP contribution in [0.15, 0.2) is 18.2 Å². The molecule has 1 saturated carbocycles. The maximum absolute atomic E-state index is 6.17. The minimum atomic E-state index is 0.276. The van der Waals surface area contributed by atoms with Crippen LogP contribution in [0.3, 0.4) is 0 Å². The third kappa shape index (κ3) is 2.71. The largest absolute Gasteiger partial charge is 0.329 e. The summed E-state index contributed by atoms with van der Waals surface area (Å²) in [5, 5.41) is 1.24. The van der Waals surface area contributed by atoms with Crippen molar-refractivity contribution in [3.63, 3.8) is 0 Å². The fourth-order valence-corrected chi connectivity index (χ4v) is 4.32. The quantitative estimate of drug-likeness (QED) is 0.903. The molecule has 0 radical (unpaired) electrons. The molecule has 1 aromatic rings. The number of nitrogens with two attached hydrogens (primary N) is 1. The van der Waals surface area contributed by atoms with E-state index in [1.54, 1.807) is 0 Å². The van der Waals surface area contributed by atoms with Crippen LogP contribution in [0.1, 0.15) is 43.7 Å². The second-order valence-electron chi connectivity index (χ2n) is 6.06. The molecule has 0 bridgehead atoms. The Labute approximate surface area is 131 Å². The lowest BCUT2D eigenvalue weighted by Crippen LogP contribution is -2.40. The van der Waals surface area contributed by atoms with Crippen LogP contribution in [-0.4, -0.2) is 24.0 Å². The van der Waals surface area contributed by atoms with Crippen LogP contribution < -0.4 is 5.73 Å². The molecule has 3 rings (SSSR count). The van der Waals surface area contributed by atoms with Crippen molar-refractivity contribution in [2.24, 2.45) is 11.7 Å². The highest BCUT2D eigenvalue weighted by Crippen LogP contribution is 2.41. The van der Waals surface area contributed by atoms with Crippen molar-refractivity contribution < 1.29 is 0 Å². The molecule has 0 amide bonds. The molecule has 1 aliphatic heterocycles. The Kier molecular flexibility index (Phi) is 4.56. The molecular formula is C16H22Cl2N2.